The highest BCUT2D eigenvalue weighted by Crippen LogP contribution is 2.24. The first-order valence-corrected chi connectivity index (χ1v) is 8.77. The molecule has 3 rings (SSSR count). The number of ketones is 1. The predicted molar refractivity (Wildman–Crippen MR) is 95.3 cm³/mol. The molecule has 1 aromatic heterocycles. The maximum absolute atomic E-state index is 12.3. The van der Waals surface area contributed by atoms with Crippen LogP contribution in [-0.2, 0) is 0 Å². The summed E-state index contributed by atoms with van der Waals surface area (Å²) in [7, 11) is 0. The van der Waals surface area contributed by atoms with Crippen LogP contribution < -0.4 is 0 Å². The van der Waals surface area contributed by atoms with E-state index in [4.69, 9.17) is 4.42 Å². The van der Waals surface area contributed by atoms with E-state index in [2.05, 4.69) is 24.0 Å². The lowest BCUT2D eigenvalue weighted by molar-refractivity contribution is 0.102. The number of carbonyl (C=O) groups excluding carboxylic acids is 1. The van der Waals surface area contributed by atoms with Gasteiger partial charge in [-0.2, -0.15) is 0 Å². The quantitative estimate of drug-likeness (QED) is 0.476. The highest BCUT2D eigenvalue weighted by molar-refractivity contribution is 7.99. The number of benzene rings is 2. The van der Waals surface area contributed by atoms with Crippen LogP contribution in [0.25, 0.3) is 11.5 Å². The van der Waals surface area contributed by atoms with E-state index < -0.39 is 0 Å². The van der Waals surface area contributed by atoms with Crippen LogP contribution in [0.4, 0.5) is 0 Å². The average molecular weight is 338 g/mol. The molecule has 2 aromatic carbocycles. The van der Waals surface area contributed by atoms with Crippen LogP contribution >= 0.6 is 11.8 Å². The lowest BCUT2D eigenvalue weighted by Gasteiger charge is -2.05. The Kier molecular flexibility index (Phi) is 5.11. The van der Waals surface area contributed by atoms with E-state index >= 15 is 0 Å². The summed E-state index contributed by atoms with van der Waals surface area (Å²) in [6.45, 7) is 4.26. The van der Waals surface area contributed by atoms with Crippen LogP contribution in [0.2, 0.25) is 0 Å². The fraction of sp³-hybridized carbons (Fsp3) is 0.211. The Morgan fingerprint density at radius 2 is 1.75 bits per heavy atom. The summed E-state index contributed by atoms with van der Waals surface area (Å²) in [6, 6.07) is 17.3. The summed E-state index contributed by atoms with van der Waals surface area (Å²) in [5.74, 6) is 1.25. The number of thioether (sulfide) groups is 1. The number of rotatable bonds is 6. The van der Waals surface area contributed by atoms with E-state index in [9.17, 15) is 4.79 Å². The fourth-order valence-electron chi connectivity index (χ4n) is 2.23. The first-order valence-electron chi connectivity index (χ1n) is 7.78. The number of hydrogen-bond acceptors (Lipinski definition) is 5. The van der Waals surface area contributed by atoms with E-state index in [1.807, 2.05) is 54.6 Å². The Morgan fingerprint density at radius 3 is 2.42 bits per heavy atom. The molecule has 0 aliphatic heterocycles. The molecule has 0 saturated carbocycles. The summed E-state index contributed by atoms with van der Waals surface area (Å²) in [4.78, 5) is 12.3. The zero-order chi connectivity index (χ0) is 16.9. The Morgan fingerprint density at radius 1 is 1.04 bits per heavy atom. The van der Waals surface area contributed by atoms with E-state index in [-0.39, 0.29) is 11.5 Å². The van der Waals surface area contributed by atoms with E-state index in [1.54, 1.807) is 0 Å². The van der Waals surface area contributed by atoms with Gasteiger partial charge in [0, 0.05) is 11.1 Å². The van der Waals surface area contributed by atoms with Crippen LogP contribution in [-0.4, -0.2) is 21.7 Å². The van der Waals surface area contributed by atoms with Crippen molar-refractivity contribution in [3.8, 4) is 11.5 Å². The minimum atomic E-state index is 0.0507. The van der Waals surface area contributed by atoms with Gasteiger partial charge in [-0.15, -0.1) is 10.2 Å². The molecule has 1 heterocycles. The van der Waals surface area contributed by atoms with E-state index in [0.29, 0.717) is 22.6 Å². The fourth-order valence-corrected chi connectivity index (χ4v) is 2.89. The molecule has 0 amide bonds. The molecule has 122 valence electrons. The largest absolute Gasteiger partial charge is 0.411 e. The SMILES string of the molecule is CC(C)c1ccc(C(=O)CSc2nnc(-c3ccccc3)o2)cc1. The first-order chi connectivity index (χ1) is 11.6. The molecule has 0 spiro atoms. The second-order valence-electron chi connectivity index (χ2n) is 5.73. The van der Waals surface area contributed by atoms with Crippen molar-refractivity contribution >= 4 is 17.5 Å². The zero-order valence-electron chi connectivity index (χ0n) is 13.6. The molecular formula is C19H18N2O2S. The molecule has 4 nitrogen and oxygen atoms in total. The van der Waals surface area contributed by atoms with Crippen LogP contribution in [0.5, 0.6) is 0 Å². The van der Waals surface area contributed by atoms with Crippen LogP contribution in [0.15, 0.2) is 64.2 Å². The summed E-state index contributed by atoms with van der Waals surface area (Å²) in [5, 5.41) is 8.41. The third-order valence-corrected chi connectivity index (χ3v) is 4.47. The van der Waals surface area contributed by atoms with Crippen molar-refractivity contribution in [1.29, 1.82) is 0 Å². The first kappa shape index (κ1) is 16.5. The van der Waals surface area contributed by atoms with Crippen molar-refractivity contribution in [2.24, 2.45) is 0 Å². The molecule has 5 heteroatoms. The molecule has 0 saturated heterocycles. The second-order valence-corrected chi connectivity index (χ2v) is 6.65. The zero-order valence-corrected chi connectivity index (χ0v) is 14.4. The standard InChI is InChI=1S/C19H18N2O2S/c1-13(2)14-8-10-15(11-9-14)17(22)12-24-19-21-20-18(23-19)16-6-4-3-5-7-16/h3-11,13H,12H2,1-2H3. The van der Waals surface area contributed by atoms with Gasteiger partial charge in [0.25, 0.3) is 5.22 Å². The number of hydrogen-bond donors (Lipinski definition) is 0. The molecule has 0 unspecified atom stereocenters. The van der Waals surface area contributed by atoms with Crippen molar-refractivity contribution in [1.82, 2.24) is 10.2 Å². The van der Waals surface area contributed by atoms with Gasteiger partial charge in [-0.05, 0) is 23.6 Å². The number of nitrogens with zero attached hydrogens (tertiary/aromatic N) is 2. The Bertz CT molecular complexity index is 811. The second kappa shape index (κ2) is 7.45. The third kappa shape index (κ3) is 3.92. The van der Waals surface area contributed by atoms with Gasteiger partial charge in [-0.3, -0.25) is 4.79 Å². The van der Waals surface area contributed by atoms with Gasteiger partial charge in [-0.1, -0.05) is 68.1 Å². The van der Waals surface area contributed by atoms with Gasteiger partial charge >= 0.3 is 0 Å². The molecular weight excluding hydrogens is 320 g/mol. The lowest BCUT2D eigenvalue weighted by Crippen LogP contribution is -2.02. The van der Waals surface area contributed by atoms with Crippen molar-refractivity contribution in [3.05, 3.63) is 65.7 Å². The molecule has 0 N–H and O–H groups in total. The van der Waals surface area contributed by atoms with Gasteiger partial charge in [-0.25, -0.2) is 0 Å². The average Bonchev–Trinajstić information content (AvgIpc) is 3.09. The normalized spacial score (nSPS) is 11.0. The van der Waals surface area contributed by atoms with Gasteiger partial charge in [0.05, 0.1) is 5.75 Å². The predicted octanol–water partition coefficient (Wildman–Crippen LogP) is 4.84. The van der Waals surface area contributed by atoms with Crippen LogP contribution in [0, 0.1) is 0 Å². The Balaban J connectivity index is 1.61. The van der Waals surface area contributed by atoms with Gasteiger partial charge in [0.2, 0.25) is 5.89 Å². The Labute approximate surface area is 145 Å². The minimum Gasteiger partial charge on any atom is -0.411 e. The molecule has 0 radical (unpaired) electrons. The van der Waals surface area contributed by atoms with E-state index in [0.717, 1.165) is 5.56 Å². The Hall–Kier alpha value is -2.40. The molecule has 0 aliphatic carbocycles. The summed E-state index contributed by atoms with van der Waals surface area (Å²) >= 11 is 1.26. The molecule has 0 atom stereocenters. The van der Waals surface area contributed by atoms with Crippen molar-refractivity contribution in [2.45, 2.75) is 25.0 Å². The molecule has 3 aromatic rings. The van der Waals surface area contributed by atoms with Crippen LogP contribution in [0.1, 0.15) is 35.7 Å². The van der Waals surface area contributed by atoms with Crippen molar-refractivity contribution in [2.75, 3.05) is 5.75 Å². The van der Waals surface area contributed by atoms with Crippen LogP contribution in [0.3, 0.4) is 0 Å². The number of carbonyl (C=O) groups is 1. The molecule has 0 aliphatic rings. The molecule has 0 fully saturated rings. The number of aromatic nitrogens is 2. The summed E-state index contributed by atoms with van der Waals surface area (Å²) < 4.78 is 5.60. The maximum atomic E-state index is 12.3. The van der Waals surface area contributed by atoms with Gasteiger partial charge in [0.15, 0.2) is 5.78 Å². The highest BCUT2D eigenvalue weighted by Gasteiger charge is 2.12. The molecule has 0 bridgehead atoms. The maximum Gasteiger partial charge on any atom is 0.277 e. The third-order valence-electron chi connectivity index (χ3n) is 3.65. The van der Waals surface area contributed by atoms with Gasteiger partial charge in [0.1, 0.15) is 0 Å². The summed E-state index contributed by atoms with van der Waals surface area (Å²) in [6.07, 6.45) is 0. The minimum absolute atomic E-state index is 0.0507. The number of Topliss-reactive ketones (excluding diaryl/α,β-unsaturated/α-hetero) is 1. The summed E-state index contributed by atoms with van der Waals surface area (Å²) in [5.41, 5.74) is 2.80. The van der Waals surface area contributed by atoms with Crippen molar-refractivity contribution in [3.63, 3.8) is 0 Å². The monoisotopic (exact) mass is 338 g/mol. The smallest absolute Gasteiger partial charge is 0.277 e. The lowest BCUT2D eigenvalue weighted by atomic mass is 10.0. The topological polar surface area (TPSA) is 56.0 Å². The highest BCUT2D eigenvalue weighted by atomic mass is 32.2. The molecule has 24 heavy (non-hydrogen) atoms. The van der Waals surface area contributed by atoms with Crippen molar-refractivity contribution < 1.29 is 9.21 Å². The van der Waals surface area contributed by atoms with E-state index in [1.165, 1.54) is 17.3 Å². The van der Waals surface area contributed by atoms with Gasteiger partial charge < -0.3 is 4.42 Å².